The molecule has 2 rings (SSSR count). The fourth-order valence-corrected chi connectivity index (χ4v) is 3.59. The molecule has 7 nitrogen and oxygen atoms in total. The summed E-state index contributed by atoms with van der Waals surface area (Å²) in [6, 6.07) is 3.21. The van der Waals surface area contributed by atoms with Crippen molar-refractivity contribution in [2.75, 3.05) is 19.4 Å². The highest BCUT2D eigenvalue weighted by atomic mass is 32.2. The number of carbonyl (C=O) groups excluding carboxylic acids is 2. The Kier molecular flexibility index (Phi) is 4.42. The summed E-state index contributed by atoms with van der Waals surface area (Å²) in [4.78, 5) is 23.3. The Morgan fingerprint density at radius 1 is 1.50 bits per heavy atom. The van der Waals surface area contributed by atoms with E-state index in [0.717, 1.165) is 4.21 Å². The van der Waals surface area contributed by atoms with Crippen molar-refractivity contribution < 1.29 is 9.59 Å². The molecule has 2 aromatic heterocycles. The number of amides is 2. The van der Waals surface area contributed by atoms with Gasteiger partial charge < -0.3 is 11.1 Å². The number of thiophene rings is 1. The van der Waals surface area contributed by atoms with Gasteiger partial charge in [0.2, 0.25) is 0 Å². The second kappa shape index (κ2) is 6.07. The highest BCUT2D eigenvalue weighted by Gasteiger charge is 2.18. The highest BCUT2D eigenvalue weighted by Crippen LogP contribution is 2.35. The number of nitrogens with zero attached hydrogens (tertiary/aromatic N) is 2. The van der Waals surface area contributed by atoms with Crippen LogP contribution in [0.2, 0.25) is 0 Å². The third kappa shape index (κ3) is 3.38. The molecule has 9 heteroatoms. The summed E-state index contributed by atoms with van der Waals surface area (Å²) < 4.78 is 2.75. The van der Waals surface area contributed by atoms with Crippen LogP contribution in [0.25, 0.3) is 0 Å². The minimum absolute atomic E-state index is 0.246. The second-order valence-electron chi connectivity index (χ2n) is 3.99. The summed E-state index contributed by atoms with van der Waals surface area (Å²) in [7, 11) is 3.77. The topological polar surface area (TPSA) is 104 Å². The first-order chi connectivity index (χ1) is 9.47. The van der Waals surface area contributed by atoms with E-state index in [4.69, 9.17) is 5.73 Å². The number of hydrogen-bond donors (Lipinski definition) is 3. The molecular weight excluding hydrogens is 298 g/mol. The zero-order valence-corrected chi connectivity index (χ0v) is 12.5. The van der Waals surface area contributed by atoms with E-state index in [9.17, 15) is 9.59 Å². The van der Waals surface area contributed by atoms with Crippen molar-refractivity contribution in [1.82, 2.24) is 14.5 Å². The van der Waals surface area contributed by atoms with Gasteiger partial charge in [-0.3, -0.25) is 19.0 Å². The van der Waals surface area contributed by atoms with Crippen molar-refractivity contribution in [3.8, 4) is 0 Å². The average Bonchev–Trinajstić information content (AvgIpc) is 2.97. The Labute approximate surface area is 123 Å². The van der Waals surface area contributed by atoms with Crippen LogP contribution in [0.3, 0.4) is 0 Å². The van der Waals surface area contributed by atoms with Crippen LogP contribution in [0.1, 0.15) is 20.8 Å². The summed E-state index contributed by atoms with van der Waals surface area (Å²) in [5.74, 6) is -0.971. The molecule has 0 saturated heterocycles. The molecule has 0 aliphatic carbocycles. The minimum Gasteiger partial charge on any atom is -0.366 e. The lowest BCUT2D eigenvalue weighted by molar-refractivity contribution is 0.100. The molecule has 0 aliphatic heterocycles. The van der Waals surface area contributed by atoms with Crippen LogP contribution in [-0.4, -0.2) is 40.4 Å². The predicted octanol–water partition coefficient (Wildman–Crippen LogP) is 1.39. The van der Waals surface area contributed by atoms with Gasteiger partial charge in [0.05, 0.1) is 9.77 Å². The number of H-pyrrole nitrogens is 1. The summed E-state index contributed by atoms with van der Waals surface area (Å²) in [6.45, 7) is 0. The van der Waals surface area contributed by atoms with E-state index in [1.54, 1.807) is 18.3 Å². The van der Waals surface area contributed by atoms with Gasteiger partial charge in [0.25, 0.3) is 11.8 Å². The zero-order valence-electron chi connectivity index (χ0n) is 10.8. The quantitative estimate of drug-likeness (QED) is 0.724. The smallest absolute Gasteiger partial charge is 0.276 e. The van der Waals surface area contributed by atoms with Crippen LogP contribution in [0.5, 0.6) is 0 Å². The van der Waals surface area contributed by atoms with Crippen molar-refractivity contribution in [1.29, 1.82) is 0 Å². The van der Waals surface area contributed by atoms with Gasteiger partial charge >= 0.3 is 0 Å². The molecule has 0 unspecified atom stereocenters. The molecule has 2 amide bonds. The molecule has 106 valence electrons. The summed E-state index contributed by atoms with van der Waals surface area (Å²) in [5, 5.41) is 9.41. The van der Waals surface area contributed by atoms with Crippen molar-refractivity contribution >= 4 is 40.1 Å². The second-order valence-corrected chi connectivity index (χ2v) is 6.65. The van der Waals surface area contributed by atoms with Gasteiger partial charge in [-0.15, -0.1) is 11.3 Å². The number of hydrogen-bond acceptors (Lipinski definition) is 6. The van der Waals surface area contributed by atoms with Crippen LogP contribution < -0.4 is 11.1 Å². The van der Waals surface area contributed by atoms with E-state index in [1.807, 2.05) is 18.4 Å². The van der Waals surface area contributed by atoms with Gasteiger partial charge in [-0.25, -0.2) is 0 Å². The Balaban J connectivity index is 2.23. The summed E-state index contributed by atoms with van der Waals surface area (Å²) in [5.41, 5.74) is 5.87. The molecule has 0 spiro atoms. The van der Waals surface area contributed by atoms with E-state index in [2.05, 4.69) is 15.5 Å². The van der Waals surface area contributed by atoms with Gasteiger partial charge in [-0.05, 0) is 38.2 Å². The standard InChI is InChI=1S/C11H13N5O2S2/c1-16(2)20-8-5-6(9(12)17)11(19-8)14-10(18)7-3-4-13-15-7/h3-5H,1-2H3,(H2,12,17)(H,13,15)(H,14,18). The number of aromatic amines is 1. The van der Waals surface area contributed by atoms with Crippen LogP contribution >= 0.6 is 23.3 Å². The molecule has 0 fully saturated rings. The van der Waals surface area contributed by atoms with Gasteiger partial charge in [0.15, 0.2) is 0 Å². The lowest BCUT2D eigenvalue weighted by Gasteiger charge is -2.04. The number of aromatic nitrogens is 2. The molecule has 0 saturated carbocycles. The van der Waals surface area contributed by atoms with E-state index >= 15 is 0 Å². The van der Waals surface area contributed by atoms with Gasteiger partial charge in [0, 0.05) is 6.20 Å². The molecule has 20 heavy (non-hydrogen) atoms. The van der Waals surface area contributed by atoms with Gasteiger partial charge in [-0.1, -0.05) is 0 Å². The van der Waals surface area contributed by atoms with Gasteiger partial charge in [-0.2, -0.15) is 5.10 Å². The molecule has 0 aromatic carbocycles. The Morgan fingerprint density at radius 2 is 2.25 bits per heavy atom. The molecule has 2 heterocycles. The maximum absolute atomic E-state index is 11.9. The fourth-order valence-electron chi connectivity index (χ4n) is 1.42. The van der Waals surface area contributed by atoms with Crippen molar-refractivity contribution in [3.05, 3.63) is 29.6 Å². The molecule has 2 aromatic rings. The number of primary amides is 1. The van der Waals surface area contributed by atoms with E-state index in [-0.39, 0.29) is 5.69 Å². The zero-order chi connectivity index (χ0) is 14.7. The predicted molar refractivity (Wildman–Crippen MR) is 78.9 cm³/mol. The Hall–Kier alpha value is -1.84. The Bertz CT molecular complexity index is 621. The van der Waals surface area contributed by atoms with Gasteiger partial charge in [0.1, 0.15) is 10.7 Å². The summed E-state index contributed by atoms with van der Waals surface area (Å²) >= 11 is 2.74. The van der Waals surface area contributed by atoms with E-state index in [0.29, 0.717) is 10.6 Å². The highest BCUT2D eigenvalue weighted by molar-refractivity contribution is 7.99. The molecule has 0 aliphatic rings. The largest absolute Gasteiger partial charge is 0.366 e. The fraction of sp³-hybridized carbons (Fsp3) is 0.182. The third-order valence-electron chi connectivity index (χ3n) is 2.21. The number of nitrogens with two attached hydrogens (primary N) is 1. The maximum Gasteiger partial charge on any atom is 0.276 e. The molecule has 0 radical (unpaired) electrons. The maximum atomic E-state index is 11.9. The number of carbonyl (C=O) groups is 2. The summed E-state index contributed by atoms with van der Waals surface area (Å²) in [6.07, 6.45) is 1.55. The lowest BCUT2D eigenvalue weighted by atomic mass is 10.3. The molecule has 0 atom stereocenters. The normalized spacial score (nSPS) is 10.8. The number of anilines is 1. The monoisotopic (exact) mass is 311 g/mol. The molecular formula is C11H13N5O2S2. The van der Waals surface area contributed by atoms with Crippen molar-refractivity contribution in [3.63, 3.8) is 0 Å². The number of nitrogens with one attached hydrogen (secondary N) is 2. The van der Waals surface area contributed by atoms with Crippen LogP contribution in [0.15, 0.2) is 22.5 Å². The first-order valence-electron chi connectivity index (χ1n) is 5.57. The molecule has 0 bridgehead atoms. The first kappa shape index (κ1) is 14.6. The lowest BCUT2D eigenvalue weighted by Crippen LogP contribution is -2.16. The minimum atomic E-state index is -0.579. The third-order valence-corrected chi connectivity index (χ3v) is 4.19. The van der Waals surface area contributed by atoms with E-state index < -0.39 is 11.8 Å². The van der Waals surface area contributed by atoms with Crippen LogP contribution in [-0.2, 0) is 0 Å². The first-order valence-corrected chi connectivity index (χ1v) is 7.16. The van der Waals surface area contributed by atoms with Crippen LogP contribution in [0, 0.1) is 0 Å². The van der Waals surface area contributed by atoms with Crippen molar-refractivity contribution in [2.45, 2.75) is 4.21 Å². The van der Waals surface area contributed by atoms with Crippen LogP contribution in [0.4, 0.5) is 5.00 Å². The average molecular weight is 311 g/mol. The Morgan fingerprint density at radius 3 is 2.80 bits per heavy atom. The van der Waals surface area contributed by atoms with E-state index in [1.165, 1.54) is 23.3 Å². The molecule has 4 N–H and O–H groups in total. The SMILES string of the molecule is CN(C)Sc1cc(C(N)=O)c(NC(=O)c2cc[nH]n2)s1. The van der Waals surface area contributed by atoms with Crippen molar-refractivity contribution in [2.24, 2.45) is 5.73 Å². The number of rotatable bonds is 5.